The van der Waals surface area contributed by atoms with E-state index in [1.54, 1.807) is 13.0 Å². The van der Waals surface area contributed by atoms with Gasteiger partial charge in [0, 0.05) is 12.1 Å². The van der Waals surface area contributed by atoms with E-state index in [1.807, 2.05) is 25.2 Å². The van der Waals surface area contributed by atoms with Gasteiger partial charge in [0.1, 0.15) is 0 Å². The van der Waals surface area contributed by atoms with Crippen molar-refractivity contribution in [1.82, 2.24) is 10.6 Å². The van der Waals surface area contributed by atoms with Gasteiger partial charge in [0.25, 0.3) is 5.91 Å². The monoisotopic (exact) mass is 278 g/mol. The molecule has 1 amide bonds. The van der Waals surface area contributed by atoms with Gasteiger partial charge in [0.15, 0.2) is 0 Å². The van der Waals surface area contributed by atoms with Gasteiger partial charge >= 0.3 is 5.97 Å². The maximum absolute atomic E-state index is 12.1. The van der Waals surface area contributed by atoms with Crippen molar-refractivity contribution < 1.29 is 14.7 Å². The number of carboxylic acids is 1. The molecule has 0 bridgehead atoms. The van der Waals surface area contributed by atoms with Crippen LogP contribution in [0.1, 0.15) is 29.3 Å². The number of likely N-dealkylation sites (N-methyl/N-ethyl adjacent to an activating group) is 1. The van der Waals surface area contributed by atoms with Crippen LogP contribution < -0.4 is 10.6 Å². The third-order valence-corrected chi connectivity index (χ3v) is 3.26. The number of carboxylic acid groups (broad SMARTS) is 1. The van der Waals surface area contributed by atoms with Crippen LogP contribution >= 0.6 is 0 Å². The molecule has 0 fully saturated rings. The predicted octanol–water partition coefficient (Wildman–Crippen LogP) is 1.29. The first-order valence-corrected chi connectivity index (χ1v) is 6.83. The topological polar surface area (TPSA) is 78.4 Å². The van der Waals surface area contributed by atoms with Gasteiger partial charge in [-0.25, -0.2) is 0 Å². The SMILES string of the molecule is CCC(CNC(=O)c1ccccc1CCNC)C(=O)O. The first-order chi connectivity index (χ1) is 9.60. The van der Waals surface area contributed by atoms with Crippen molar-refractivity contribution in [2.75, 3.05) is 20.1 Å². The molecule has 1 atom stereocenters. The number of amides is 1. The Morgan fingerprint density at radius 2 is 2.00 bits per heavy atom. The van der Waals surface area contributed by atoms with Crippen LogP contribution in [0.25, 0.3) is 0 Å². The molecule has 0 saturated carbocycles. The van der Waals surface area contributed by atoms with E-state index >= 15 is 0 Å². The van der Waals surface area contributed by atoms with Crippen molar-refractivity contribution in [2.24, 2.45) is 5.92 Å². The summed E-state index contributed by atoms with van der Waals surface area (Å²) < 4.78 is 0. The lowest BCUT2D eigenvalue weighted by Crippen LogP contribution is -2.33. The van der Waals surface area contributed by atoms with E-state index in [9.17, 15) is 9.59 Å². The van der Waals surface area contributed by atoms with Crippen LogP contribution in [0.3, 0.4) is 0 Å². The van der Waals surface area contributed by atoms with Gasteiger partial charge < -0.3 is 15.7 Å². The number of carbonyl (C=O) groups excluding carboxylic acids is 1. The summed E-state index contributed by atoms with van der Waals surface area (Å²) in [5.41, 5.74) is 1.57. The summed E-state index contributed by atoms with van der Waals surface area (Å²) >= 11 is 0. The molecule has 0 aliphatic carbocycles. The normalized spacial score (nSPS) is 11.9. The minimum Gasteiger partial charge on any atom is -0.481 e. The van der Waals surface area contributed by atoms with Gasteiger partial charge in [-0.1, -0.05) is 25.1 Å². The molecular formula is C15H22N2O3. The average molecular weight is 278 g/mol. The van der Waals surface area contributed by atoms with Gasteiger partial charge in [0.05, 0.1) is 5.92 Å². The van der Waals surface area contributed by atoms with Crippen LogP contribution in [0, 0.1) is 5.92 Å². The van der Waals surface area contributed by atoms with Gasteiger partial charge in [-0.2, -0.15) is 0 Å². The Labute approximate surface area is 119 Å². The zero-order valence-corrected chi connectivity index (χ0v) is 12.0. The maximum atomic E-state index is 12.1. The van der Waals surface area contributed by atoms with Crippen molar-refractivity contribution in [3.63, 3.8) is 0 Å². The standard InChI is InChI=1S/C15H22N2O3/c1-3-11(15(19)20)10-17-14(18)13-7-5-4-6-12(13)8-9-16-2/h4-7,11,16H,3,8-10H2,1-2H3,(H,17,18)(H,19,20). The largest absolute Gasteiger partial charge is 0.481 e. The van der Waals surface area contributed by atoms with E-state index in [2.05, 4.69) is 10.6 Å². The van der Waals surface area contributed by atoms with Crippen molar-refractivity contribution in [3.8, 4) is 0 Å². The molecule has 5 nitrogen and oxygen atoms in total. The fourth-order valence-corrected chi connectivity index (χ4v) is 1.94. The van der Waals surface area contributed by atoms with E-state index in [1.165, 1.54) is 0 Å². The number of nitrogens with one attached hydrogen (secondary N) is 2. The number of benzene rings is 1. The second-order valence-electron chi connectivity index (χ2n) is 4.66. The zero-order valence-electron chi connectivity index (χ0n) is 12.0. The fourth-order valence-electron chi connectivity index (χ4n) is 1.94. The minimum atomic E-state index is -0.878. The zero-order chi connectivity index (χ0) is 15.0. The Morgan fingerprint density at radius 3 is 2.60 bits per heavy atom. The van der Waals surface area contributed by atoms with Crippen molar-refractivity contribution in [2.45, 2.75) is 19.8 Å². The molecule has 1 rings (SSSR count). The Hall–Kier alpha value is -1.88. The molecule has 0 aromatic heterocycles. The third-order valence-electron chi connectivity index (χ3n) is 3.26. The van der Waals surface area contributed by atoms with Gasteiger partial charge in [0.2, 0.25) is 0 Å². The Bertz CT molecular complexity index is 460. The van der Waals surface area contributed by atoms with Gasteiger partial charge in [-0.3, -0.25) is 9.59 Å². The molecule has 0 spiro atoms. The first kappa shape index (κ1) is 16.2. The van der Waals surface area contributed by atoms with E-state index in [4.69, 9.17) is 5.11 Å². The number of hydrogen-bond donors (Lipinski definition) is 3. The maximum Gasteiger partial charge on any atom is 0.308 e. The lowest BCUT2D eigenvalue weighted by molar-refractivity contribution is -0.141. The second kappa shape index (κ2) is 8.32. The van der Waals surface area contributed by atoms with E-state index in [0.29, 0.717) is 12.0 Å². The molecule has 110 valence electrons. The molecule has 1 aromatic carbocycles. The first-order valence-electron chi connectivity index (χ1n) is 6.83. The lowest BCUT2D eigenvalue weighted by atomic mass is 10.0. The number of rotatable bonds is 8. The summed E-state index contributed by atoms with van der Waals surface area (Å²) in [6.07, 6.45) is 1.26. The molecule has 3 N–H and O–H groups in total. The molecule has 0 saturated heterocycles. The van der Waals surface area contributed by atoms with Crippen molar-refractivity contribution >= 4 is 11.9 Å². The van der Waals surface area contributed by atoms with Gasteiger partial charge in [-0.15, -0.1) is 0 Å². The van der Waals surface area contributed by atoms with E-state index < -0.39 is 11.9 Å². The molecule has 20 heavy (non-hydrogen) atoms. The molecule has 0 radical (unpaired) electrons. The summed E-state index contributed by atoms with van der Waals surface area (Å²) in [4.78, 5) is 23.1. The summed E-state index contributed by atoms with van der Waals surface area (Å²) in [6.45, 7) is 2.74. The highest BCUT2D eigenvalue weighted by atomic mass is 16.4. The highest BCUT2D eigenvalue weighted by Crippen LogP contribution is 2.10. The summed E-state index contributed by atoms with van der Waals surface area (Å²) in [6, 6.07) is 7.39. The molecular weight excluding hydrogens is 256 g/mol. The van der Waals surface area contributed by atoms with E-state index in [-0.39, 0.29) is 12.5 Å². The summed E-state index contributed by atoms with van der Waals surface area (Å²) in [7, 11) is 1.86. The Balaban J connectivity index is 2.69. The number of aliphatic carboxylic acids is 1. The Kier molecular flexibility index (Phi) is 6.73. The lowest BCUT2D eigenvalue weighted by Gasteiger charge is -2.13. The summed E-state index contributed by atoms with van der Waals surface area (Å²) in [5, 5.41) is 14.7. The molecule has 0 aliphatic rings. The van der Waals surface area contributed by atoms with Crippen LogP contribution in [0.2, 0.25) is 0 Å². The molecule has 0 aliphatic heterocycles. The van der Waals surface area contributed by atoms with Crippen molar-refractivity contribution in [3.05, 3.63) is 35.4 Å². The number of hydrogen-bond acceptors (Lipinski definition) is 3. The second-order valence-corrected chi connectivity index (χ2v) is 4.66. The average Bonchev–Trinajstić information content (AvgIpc) is 2.45. The van der Waals surface area contributed by atoms with E-state index in [0.717, 1.165) is 18.5 Å². The van der Waals surface area contributed by atoms with Crippen LogP contribution in [-0.4, -0.2) is 37.1 Å². The van der Waals surface area contributed by atoms with Crippen molar-refractivity contribution in [1.29, 1.82) is 0 Å². The smallest absolute Gasteiger partial charge is 0.308 e. The third kappa shape index (κ3) is 4.66. The molecule has 1 unspecified atom stereocenters. The number of carbonyl (C=O) groups is 2. The predicted molar refractivity (Wildman–Crippen MR) is 77.8 cm³/mol. The highest BCUT2D eigenvalue weighted by Gasteiger charge is 2.17. The minimum absolute atomic E-state index is 0.158. The Morgan fingerprint density at radius 1 is 1.30 bits per heavy atom. The quantitative estimate of drug-likeness (QED) is 0.669. The van der Waals surface area contributed by atoms with Crippen LogP contribution in [0.4, 0.5) is 0 Å². The fraction of sp³-hybridized carbons (Fsp3) is 0.467. The molecule has 1 aromatic rings. The van der Waals surface area contributed by atoms with Gasteiger partial charge in [-0.05, 0) is 38.1 Å². The van der Waals surface area contributed by atoms with Crippen LogP contribution in [0.15, 0.2) is 24.3 Å². The van der Waals surface area contributed by atoms with Crippen LogP contribution in [0.5, 0.6) is 0 Å². The highest BCUT2D eigenvalue weighted by molar-refractivity contribution is 5.95. The summed E-state index contributed by atoms with van der Waals surface area (Å²) in [5.74, 6) is -1.63. The molecule has 5 heteroatoms. The molecule has 0 heterocycles. The van der Waals surface area contributed by atoms with Crippen LogP contribution in [-0.2, 0) is 11.2 Å².